The second-order valence-electron chi connectivity index (χ2n) is 13.9. The minimum atomic E-state index is -0.549. The van der Waals surface area contributed by atoms with E-state index in [1.165, 1.54) is 16.7 Å². The molecular formula is C39H46FNO4. The number of rotatable bonds is 7. The molecule has 0 aromatic heterocycles. The highest BCUT2D eigenvalue weighted by Gasteiger charge is 2.29. The van der Waals surface area contributed by atoms with Crippen LogP contribution in [0.25, 0.3) is 11.1 Å². The molecule has 2 aliphatic carbocycles. The Hall–Kier alpha value is -3.80. The zero-order valence-corrected chi connectivity index (χ0v) is 26.9. The number of phenols is 1. The van der Waals surface area contributed by atoms with E-state index < -0.39 is 5.60 Å². The fourth-order valence-electron chi connectivity index (χ4n) is 7.34. The number of carbonyl (C=O) groups excluding carboxylic acids is 1. The van der Waals surface area contributed by atoms with Crippen LogP contribution in [0, 0.1) is 5.92 Å². The summed E-state index contributed by atoms with van der Waals surface area (Å²) >= 11 is 0. The van der Waals surface area contributed by atoms with Crippen molar-refractivity contribution in [3.63, 3.8) is 0 Å². The summed E-state index contributed by atoms with van der Waals surface area (Å²) in [4.78, 5) is 14.8. The number of carbonyl (C=O) groups is 1. The highest BCUT2D eigenvalue weighted by atomic mass is 19.1. The summed E-state index contributed by atoms with van der Waals surface area (Å²) < 4.78 is 24.8. The molecule has 5 nitrogen and oxygen atoms in total. The molecule has 0 bridgehead atoms. The lowest BCUT2D eigenvalue weighted by Gasteiger charge is -2.32. The molecule has 6 rings (SSSR count). The third-order valence-electron chi connectivity index (χ3n) is 9.38. The van der Waals surface area contributed by atoms with Crippen LogP contribution < -0.4 is 9.64 Å². The maximum absolute atomic E-state index is 13.1. The van der Waals surface area contributed by atoms with Gasteiger partial charge in [0, 0.05) is 6.54 Å². The number of halogens is 1. The molecule has 3 aromatic carbocycles. The number of fused-ring (bicyclic) bond motifs is 2. The normalized spacial score (nSPS) is 20.0. The molecule has 0 saturated heterocycles. The number of hydrogen-bond donors (Lipinski definition) is 1. The van der Waals surface area contributed by atoms with Gasteiger partial charge in [-0.2, -0.15) is 0 Å². The quantitative estimate of drug-likeness (QED) is 0.289. The fraction of sp³-hybridized carbons (Fsp3) is 0.462. The Bertz CT molecular complexity index is 1550. The second kappa shape index (κ2) is 13.3. The lowest BCUT2D eigenvalue weighted by atomic mass is 9.86. The van der Waals surface area contributed by atoms with E-state index in [9.17, 15) is 14.3 Å². The fourth-order valence-corrected chi connectivity index (χ4v) is 7.34. The first-order valence-electron chi connectivity index (χ1n) is 16.7. The average molecular weight is 612 g/mol. The predicted octanol–water partition coefficient (Wildman–Crippen LogP) is 9.67. The van der Waals surface area contributed by atoms with Crippen molar-refractivity contribution in [3.8, 4) is 11.5 Å². The van der Waals surface area contributed by atoms with E-state index in [0.29, 0.717) is 18.9 Å². The zero-order chi connectivity index (χ0) is 31.6. The van der Waals surface area contributed by atoms with Gasteiger partial charge in [-0.25, -0.2) is 4.79 Å². The lowest BCUT2D eigenvalue weighted by molar-refractivity contribution is 0.0578. The third kappa shape index (κ3) is 7.21. The highest BCUT2D eigenvalue weighted by Crippen LogP contribution is 2.43. The topological polar surface area (TPSA) is 59.0 Å². The van der Waals surface area contributed by atoms with Crippen LogP contribution in [-0.4, -0.2) is 36.1 Å². The van der Waals surface area contributed by atoms with Gasteiger partial charge in [-0.3, -0.25) is 9.29 Å². The van der Waals surface area contributed by atoms with Crippen LogP contribution >= 0.6 is 0 Å². The molecule has 1 fully saturated rings. The molecule has 2 atom stereocenters. The van der Waals surface area contributed by atoms with Crippen LogP contribution in [0.3, 0.4) is 0 Å². The molecule has 1 amide bonds. The number of allylic oxidation sites excluding steroid dienone is 1. The van der Waals surface area contributed by atoms with Crippen LogP contribution in [0.15, 0.2) is 60.7 Å². The molecule has 0 spiro atoms. The van der Waals surface area contributed by atoms with Crippen molar-refractivity contribution >= 4 is 22.9 Å². The smallest absolute Gasteiger partial charge is 0.414 e. The molecule has 3 aromatic rings. The molecule has 238 valence electrons. The van der Waals surface area contributed by atoms with Crippen molar-refractivity contribution in [1.82, 2.24) is 0 Å². The Morgan fingerprint density at radius 2 is 1.71 bits per heavy atom. The summed E-state index contributed by atoms with van der Waals surface area (Å²) in [7, 11) is 0. The Labute approximate surface area is 267 Å². The number of ether oxygens (including phenoxy) is 2. The molecule has 0 radical (unpaired) electrons. The number of aryl methyl sites for hydroxylation is 2. The van der Waals surface area contributed by atoms with Crippen LogP contribution in [0.1, 0.15) is 100.0 Å². The van der Waals surface area contributed by atoms with Crippen LogP contribution in [-0.2, 0) is 17.6 Å². The van der Waals surface area contributed by atoms with Crippen molar-refractivity contribution in [3.05, 3.63) is 88.5 Å². The number of alkyl halides is 1. The van der Waals surface area contributed by atoms with Gasteiger partial charge in [0.15, 0.2) is 0 Å². The number of nitrogens with zero attached hydrogens (tertiary/aromatic N) is 1. The summed E-state index contributed by atoms with van der Waals surface area (Å²) in [5, 5.41) is 10.3. The number of aromatic hydroxyl groups is 1. The first-order chi connectivity index (χ1) is 21.7. The van der Waals surface area contributed by atoms with Gasteiger partial charge in [-0.05, 0) is 166 Å². The van der Waals surface area contributed by atoms with Gasteiger partial charge in [0.05, 0.1) is 18.5 Å². The summed E-state index contributed by atoms with van der Waals surface area (Å²) in [5.74, 6) is 1.72. The van der Waals surface area contributed by atoms with E-state index in [1.54, 1.807) is 11.0 Å². The largest absolute Gasteiger partial charge is 0.508 e. The number of phenolic OH excluding ortho intramolecular Hbond substituents is 1. The Balaban J connectivity index is 1.34. The number of anilines is 1. The van der Waals surface area contributed by atoms with Crippen molar-refractivity contribution in [1.29, 1.82) is 0 Å². The van der Waals surface area contributed by atoms with Gasteiger partial charge in [0.1, 0.15) is 17.1 Å². The summed E-state index contributed by atoms with van der Waals surface area (Å²) in [6.07, 6.45) is 9.19. The summed E-state index contributed by atoms with van der Waals surface area (Å²) in [6, 6.07) is 20.7. The number of benzene rings is 3. The molecule has 1 N–H and O–H groups in total. The monoisotopic (exact) mass is 611 g/mol. The first kappa shape index (κ1) is 31.2. The Morgan fingerprint density at radius 3 is 2.49 bits per heavy atom. The van der Waals surface area contributed by atoms with E-state index in [1.807, 2.05) is 26.8 Å². The molecular weight excluding hydrogens is 565 g/mol. The summed E-state index contributed by atoms with van der Waals surface area (Å²) in [5.41, 5.74) is 8.59. The van der Waals surface area contributed by atoms with Gasteiger partial charge in [-0.15, -0.1) is 0 Å². The minimum absolute atomic E-state index is 0.188. The first-order valence-corrected chi connectivity index (χ1v) is 16.7. The van der Waals surface area contributed by atoms with Crippen molar-refractivity contribution < 1.29 is 23.8 Å². The van der Waals surface area contributed by atoms with Crippen molar-refractivity contribution in [2.75, 3.05) is 18.1 Å². The lowest BCUT2D eigenvalue weighted by Crippen LogP contribution is -2.39. The zero-order valence-electron chi connectivity index (χ0n) is 26.9. The van der Waals surface area contributed by atoms with Crippen LogP contribution in [0.5, 0.6) is 11.5 Å². The molecule has 6 heteroatoms. The van der Waals surface area contributed by atoms with Gasteiger partial charge < -0.3 is 14.6 Å². The summed E-state index contributed by atoms with van der Waals surface area (Å²) in [6.45, 7) is 6.11. The predicted molar refractivity (Wildman–Crippen MR) is 179 cm³/mol. The Morgan fingerprint density at radius 1 is 0.933 bits per heavy atom. The van der Waals surface area contributed by atoms with Crippen molar-refractivity contribution in [2.45, 2.75) is 96.7 Å². The van der Waals surface area contributed by atoms with E-state index in [4.69, 9.17) is 9.47 Å². The molecule has 1 unspecified atom stereocenters. The standard InChI is InChI=1S/C39H46FNO4/c1-39(2,3)45-38(43)41-22-6-9-30-24-29(14-20-36(30)41)34-10-4-8-28-25-31(42)15-19-35(28)37(34)27-12-17-32(18-13-27)44-33-16-11-26(23-33)7-5-21-40/h12-15,17-20,24-26,33,42H,4-11,16,21-23H2,1-3H3/t26?,33-/m0/s1. The maximum Gasteiger partial charge on any atom is 0.414 e. The average Bonchev–Trinajstić information content (AvgIpc) is 3.37. The Kier molecular flexibility index (Phi) is 9.21. The molecule has 1 heterocycles. The second-order valence-corrected chi connectivity index (χ2v) is 13.9. The number of amides is 1. The van der Waals surface area contributed by atoms with Crippen molar-refractivity contribution in [2.24, 2.45) is 5.92 Å². The SMILES string of the molecule is CC(C)(C)OC(=O)N1CCCc2cc(C3=C(c4ccc(O[C@H]5CCC(CCCF)C5)cc4)c4ccc(O)cc4CCC3)ccc21. The molecule has 1 aliphatic heterocycles. The molecule has 45 heavy (non-hydrogen) atoms. The van der Waals surface area contributed by atoms with Crippen LogP contribution in [0.4, 0.5) is 14.9 Å². The van der Waals surface area contributed by atoms with Gasteiger partial charge in [0.25, 0.3) is 0 Å². The highest BCUT2D eigenvalue weighted by molar-refractivity contribution is 6.00. The van der Waals surface area contributed by atoms with Gasteiger partial charge in [-0.1, -0.05) is 24.3 Å². The van der Waals surface area contributed by atoms with Crippen LogP contribution in [0.2, 0.25) is 0 Å². The van der Waals surface area contributed by atoms with E-state index in [0.717, 1.165) is 91.5 Å². The van der Waals surface area contributed by atoms with Gasteiger partial charge >= 0.3 is 6.09 Å². The molecule has 3 aliphatic rings. The van der Waals surface area contributed by atoms with E-state index in [2.05, 4.69) is 48.5 Å². The number of hydrogen-bond acceptors (Lipinski definition) is 4. The third-order valence-corrected chi connectivity index (χ3v) is 9.38. The van der Waals surface area contributed by atoms with E-state index in [-0.39, 0.29) is 24.6 Å². The maximum atomic E-state index is 13.1. The van der Waals surface area contributed by atoms with Gasteiger partial charge in [0.2, 0.25) is 0 Å². The molecule has 1 saturated carbocycles. The van der Waals surface area contributed by atoms with E-state index >= 15 is 0 Å². The minimum Gasteiger partial charge on any atom is -0.508 e.